The maximum Gasteiger partial charge on any atom is 0.148 e. The average molecular weight is 255 g/mol. The van der Waals surface area contributed by atoms with Crippen LogP contribution in [0.15, 0.2) is 24.3 Å². The number of benzene rings is 1. The van der Waals surface area contributed by atoms with Gasteiger partial charge in [-0.05, 0) is 25.8 Å². The van der Waals surface area contributed by atoms with Gasteiger partial charge >= 0.3 is 0 Å². The van der Waals surface area contributed by atoms with Crippen LogP contribution >= 0.6 is 0 Å². The highest BCUT2D eigenvalue weighted by molar-refractivity contribution is 5.78. The number of Topliss-reactive ketones (excluding diaryl/α,β-unsaturated/α-hetero) is 1. The molecular formula is C15H17N3O. The summed E-state index contributed by atoms with van der Waals surface area (Å²) in [5.74, 6) is 0.854. The zero-order chi connectivity index (χ0) is 13.8. The predicted molar refractivity (Wildman–Crippen MR) is 73.8 cm³/mol. The van der Waals surface area contributed by atoms with E-state index in [4.69, 9.17) is 0 Å². The summed E-state index contributed by atoms with van der Waals surface area (Å²) in [5.41, 5.74) is 3.78. The number of aryl methyl sites for hydroxylation is 2. The third-order valence-corrected chi connectivity index (χ3v) is 2.88. The van der Waals surface area contributed by atoms with Gasteiger partial charge < -0.3 is 0 Å². The van der Waals surface area contributed by atoms with Gasteiger partial charge in [0.15, 0.2) is 0 Å². The van der Waals surface area contributed by atoms with Crippen LogP contribution in [0.2, 0.25) is 0 Å². The number of ketones is 1. The Labute approximate surface area is 112 Å². The molecule has 1 aromatic carbocycles. The smallest absolute Gasteiger partial charge is 0.148 e. The Morgan fingerprint density at radius 3 is 2.42 bits per heavy atom. The van der Waals surface area contributed by atoms with Gasteiger partial charge in [0.1, 0.15) is 17.3 Å². The minimum atomic E-state index is 0.166. The Balaban J connectivity index is 2.34. The van der Waals surface area contributed by atoms with Crippen LogP contribution in [0.25, 0.3) is 11.3 Å². The van der Waals surface area contributed by atoms with E-state index in [1.807, 2.05) is 31.2 Å². The van der Waals surface area contributed by atoms with E-state index < -0.39 is 0 Å². The Hall–Kier alpha value is -2.10. The second-order valence-corrected chi connectivity index (χ2v) is 4.58. The van der Waals surface area contributed by atoms with Crippen molar-refractivity contribution in [2.45, 2.75) is 33.6 Å². The molecule has 1 aromatic heterocycles. The van der Waals surface area contributed by atoms with Crippen molar-refractivity contribution < 1.29 is 4.79 Å². The molecule has 98 valence electrons. The number of aromatic nitrogens is 3. The summed E-state index contributed by atoms with van der Waals surface area (Å²) in [6.45, 7) is 5.49. The topological polar surface area (TPSA) is 55.7 Å². The van der Waals surface area contributed by atoms with Crippen molar-refractivity contribution in [1.82, 2.24) is 15.2 Å². The van der Waals surface area contributed by atoms with Gasteiger partial charge in [-0.25, -0.2) is 4.98 Å². The molecule has 0 spiro atoms. The molecule has 4 heteroatoms. The molecule has 19 heavy (non-hydrogen) atoms. The van der Waals surface area contributed by atoms with Crippen LogP contribution in [0.1, 0.15) is 30.9 Å². The van der Waals surface area contributed by atoms with Gasteiger partial charge in [0, 0.05) is 12.0 Å². The van der Waals surface area contributed by atoms with Crippen LogP contribution in [0.4, 0.5) is 0 Å². The first-order valence-corrected chi connectivity index (χ1v) is 6.39. The van der Waals surface area contributed by atoms with Crippen molar-refractivity contribution in [3.8, 4) is 11.3 Å². The van der Waals surface area contributed by atoms with Gasteiger partial charge in [-0.1, -0.05) is 31.2 Å². The van der Waals surface area contributed by atoms with E-state index in [9.17, 15) is 4.79 Å². The first kappa shape index (κ1) is 13.3. The Bertz CT molecular complexity index is 591. The van der Waals surface area contributed by atoms with Crippen molar-refractivity contribution in [3.63, 3.8) is 0 Å². The van der Waals surface area contributed by atoms with E-state index in [-0.39, 0.29) is 5.78 Å². The lowest BCUT2D eigenvalue weighted by molar-refractivity contribution is -0.116. The van der Waals surface area contributed by atoms with E-state index in [2.05, 4.69) is 22.1 Å². The summed E-state index contributed by atoms with van der Waals surface area (Å²) in [6.07, 6.45) is 1.29. The van der Waals surface area contributed by atoms with Crippen molar-refractivity contribution >= 4 is 5.78 Å². The molecule has 0 N–H and O–H groups in total. The molecule has 4 nitrogen and oxygen atoms in total. The van der Waals surface area contributed by atoms with Crippen LogP contribution in [-0.4, -0.2) is 21.0 Å². The maximum absolute atomic E-state index is 11.1. The zero-order valence-electron chi connectivity index (χ0n) is 11.5. The minimum absolute atomic E-state index is 0.166. The largest absolute Gasteiger partial charge is 0.300 e. The van der Waals surface area contributed by atoms with Crippen molar-refractivity contribution in [1.29, 1.82) is 0 Å². The fourth-order valence-electron chi connectivity index (χ4n) is 1.99. The zero-order valence-corrected chi connectivity index (χ0v) is 11.5. The van der Waals surface area contributed by atoms with Gasteiger partial charge in [-0.2, -0.15) is 0 Å². The van der Waals surface area contributed by atoms with Crippen molar-refractivity contribution in [2.24, 2.45) is 0 Å². The highest BCUT2D eigenvalue weighted by Gasteiger charge is 2.08. The van der Waals surface area contributed by atoms with E-state index in [1.165, 1.54) is 0 Å². The minimum Gasteiger partial charge on any atom is -0.300 e. The van der Waals surface area contributed by atoms with Gasteiger partial charge in [-0.15, -0.1) is 10.2 Å². The Morgan fingerprint density at radius 2 is 1.84 bits per heavy atom. The fourth-order valence-corrected chi connectivity index (χ4v) is 1.99. The van der Waals surface area contributed by atoms with E-state index >= 15 is 0 Å². The molecule has 0 radical (unpaired) electrons. The number of nitrogens with zero attached hydrogens (tertiary/aromatic N) is 3. The monoisotopic (exact) mass is 255 g/mol. The number of carbonyl (C=O) groups excluding carboxylic acids is 1. The Morgan fingerprint density at radius 1 is 1.16 bits per heavy atom. The van der Waals surface area contributed by atoms with Crippen LogP contribution in [0, 0.1) is 6.92 Å². The molecule has 0 aliphatic rings. The molecular weight excluding hydrogens is 238 g/mol. The molecule has 0 fully saturated rings. The lowest BCUT2D eigenvalue weighted by Crippen LogP contribution is -2.02. The van der Waals surface area contributed by atoms with Gasteiger partial charge in [0.25, 0.3) is 0 Å². The summed E-state index contributed by atoms with van der Waals surface area (Å²) in [7, 11) is 0. The van der Waals surface area contributed by atoms with Crippen molar-refractivity contribution in [2.75, 3.05) is 0 Å². The summed E-state index contributed by atoms with van der Waals surface area (Å²) >= 11 is 0. The average Bonchev–Trinajstić information content (AvgIpc) is 2.39. The summed E-state index contributed by atoms with van der Waals surface area (Å²) in [6, 6.07) is 7.85. The van der Waals surface area contributed by atoms with Crippen molar-refractivity contribution in [3.05, 3.63) is 41.3 Å². The predicted octanol–water partition coefficient (Wildman–Crippen LogP) is 2.54. The molecule has 1 heterocycles. The molecule has 0 amide bonds. The molecule has 0 saturated carbocycles. The molecule has 0 saturated heterocycles. The van der Waals surface area contributed by atoms with E-state index in [0.717, 1.165) is 28.9 Å². The maximum atomic E-state index is 11.1. The molecule has 0 unspecified atom stereocenters. The fraction of sp³-hybridized carbons (Fsp3) is 0.333. The quantitative estimate of drug-likeness (QED) is 0.842. The van der Waals surface area contributed by atoms with Gasteiger partial charge in [0.2, 0.25) is 0 Å². The third-order valence-electron chi connectivity index (χ3n) is 2.88. The number of rotatable bonds is 4. The van der Waals surface area contributed by atoms with Crippen LogP contribution in [-0.2, 0) is 17.6 Å². The lowest BCUT2D eigenvalue weighted by Gasteiger charge is -2.06. The highest BCUT2D eigenvalue weighted by Crippen LogP contribution is 2.20. The standard InChI is InChI=1S/C15H17N3O/c1-4-14-15(18-17-11(3)16-14)13-7-5-12(6-8-13)9-10(2)19/h5-8H,4,9H2,1-3H3. The third kappa shape index (κ3) is 3.22. The molecule has 0 aliphatic carbocycles. The van der Waals surface area contributed by atoms with Crippen LogP contribution in [0.3, 0.4) is 0 Å². The second kappa shape index (κ2) is 5.69. The molecule has 0 aliphatic heterocycles. The summed E-state index contributed by atoms with van der Waals surface area (Å²) in [4.78, 5) is 15.5. The first-order valence-electron chi connectivity index (χ1n) is 6.39. The number of carbonyl (C=O) groups is 1. The molecule has 2 rings (SSSR count). The molecule has 0 atom stereocenters. The summed E-state index contributed by atoms with van der Waals surface area (Å²) in [5, 5.41) is 8.25. The highest BCUT2D eigenvalue weighted by atomic mass is 16.1. The number of hydrogen-bond donors (Lipinski definition) is 0. The second-order valence-electron chi connectivity index (χ2n) is 4.58. The van der Waals surface area contributed by atoms with Crippen LogP contribution in [0.5, 0.6) is 0 Å². The SMILES string of the molecule is CCc1nc(C)nnc1-c1ccc(CC(C)=O)cc1. The number of hydrogen-bond acceptors (Lipinski definition) is 4. The van der Waals surface area contributed by atoms with E-state index in [0.29, 0.717) is 12.2 Å². The van der Waals surface area contributed by atoms with Gasteiger partial charge in [-0.3, -0.25) is 4.79 Å². The molecule has 2 aromatic rings. The first-order chi connectivity index (χ1) is 9.10. The van der Waals surface area contributed by atoms with Crippen LogP contribution < -0.4 is 0 Å². The Kier molecular flexibility index (Phi) is 4.00. The van der Waals surface area contributed by atoms with Gasteiger partial charge in [0.05, 0.1) is 5.69 Å². The lowest BCUT2D eigenvalue weighted by atomic mass is 10.0. The molecule has 0 bridgehead atoms. The summed E-state index contributed by atoms with van der Waals surface area (Å²) < 4.78 is 0. The normalized spacial score (nSPS) is 10.5. The van der Waals surface area contributed by atoms with E-state index in [1.54, 1.807) is 6.92 Å².